The topological polar surface area (TPSA) is 97.3 Å². The summed E-state index contributed by atoms with van der Waals surface area (Å²) in [6.45, 7) is 0.0662. The first-order valence-electron chi connectivity index (χ1n) is 10.1. The third-order valence-corrected chi connectivity index (χ3v) is 6.40. The largest absolute Gasteiger partial charge is 0.493 e. The Labute approximate surface area is 203 Å². The fourth-order valence-electron chi connectivity index (χ4n) is 3.20. The summed E-state index contributed by atoms with van der Waals surface area (Å²) in [4.78, 5) is 12.5. The Morgan fingerprint density at radius 2 is 1.74 bits per heavy atom. The van der Waals surface area contributed by atoms with E-state index >= 15 is 0 Å². The third-order valence-electron chi connectivity index (χ3n) is 4.89. The smallest absolute Gasteiger partial charge is 0.271 e. The second-order valence-corrected chi connectivity index (χ2v) is 9.50. The van der Waals surface area contributed by atoms with Gasteiger partial charge in [-0.15, -0.1) is 0 Å². The van der Waals surface area contributed by atoms with E-state index in [0.717, 1.165) is 6.26 Å². The minimum Gasteiger partial charge on any atom is -0.493 e. The van der Waals surface area contributed by atoms with Crippen LogP contribution >= 0.6 is 11.6 Å². The lowest BCUT2D eigenvalue weighted by molar-refractivity contribution is 0.0955. The van der Waals surface area contributed by atoms with Gasteiger partial charge in [0.05, 0.1) is 38.9 Å². The summed E-state index contributed by atoms with van der Waals surface area (Å²) in [5.74, 6) is 0.578. The summed E-state index contributed by atoms with van der Waals surface area (Å²) >= 11 is 6.20. The summed E-state index contributed by atoms with van der Waals surface area (Å²) in [6, 6.07) is 18.5. The molecule has 0 aliphatic carbocycles. The van der Waals surface area contributed by atoms with Gasteiger partial charge in [0.15, 0.2) is 11.5 Å². The SMILES string of the molecule is COc1cccc(/C=N\NC(=O)c2ccc(N(Cc3ccccc3Cl)S(C)(=O)=O)cc2)c1OC. The van der Waals surface area contributed by atoms with E-state index < -0.39 is 15.9 Å². The van der Waals surface area contributed by atoms with E-state index in [1.807, 2.05) is 0 Å². The number of halogens is 1. The number of ether oxygens (including phenoxy) is 2. The maximum atomic E-state index is 12.5. The quantitative estimate of drug-likeness (QED) is 0.352. The number of benzene rings is 3. The van der Waals surface area contributed by atoms with Crippen molar-refractivity contribution in [2.24, 2.45) is 5.10 Å². The number of sulfonamides is 1. The Balaban J connectivity index is 1.74. The number of hydrogen-bond acceptors (Lipinski definition) is 6. The van der Waals surface area contributed by atoms with Crippen molar-refractivity contribution < 1.29 is 22.7 Å². The number of carbonyl (C=O) groups excluding carboxylic acids is 1. The first-order chi connectivity index (χ1) is 16.2. The first-order valence-corrected chi connectivity index (χ1v) is 12.3. The summed E-state index contributed by atoms with van der Waals surface area (Å²) in [5, 5.41) is 4.45. The van der Waals surface area contributed by atoms with Crippen LogP contribution in [0.3, 0.4) is 0 Å². The van der Waals surface area contributed by atoms with Crippen molar-refractivity contribution in [1.29, 1.82) is 0 Å². The average molecular weight is 502 g/mol. The fraction of sp³-hybridized carbons (Fsp3) is 0.167. The van der Waals surface area contributed by atoms with Gasteiger partial charge in [0.25, 0.3) is 5.91 Å². The van der Waals surface area contributed by atoms with Crippen LogP contribution in [0.1, 0.15) is 21.5 Å². The summed E-state index contributed by atoms with van der Waals surface area (Å²) in [6.07, 6.45) is 2.56. The zero-order valence-electron chi connectivity index (χ0n) is 18.9. The summed E-state index contributed by atoms with van der Waals surface area (Å²) in [5.41, 5.74) is 4.45. The van der Waals surface area contributed by atoms with E-state index in [2.05, 4.69) is 10.5 Å². The number of nitrogens with zero attached hydrogens (tertiary/aromatic N) is 2. The molecular weight excluding hydrogens is 478 g/mol. The van der Waals surface area contributed by atoms with Gasteiger partial charge in [0.1, 0.15) is 0 Å². The van der Waals surface area contributed by atoms with E-state index in [4.69, 9.17) is 21.1 Å². The molecule has 178 valence electrons. The summed E-state index contributed by atoms with van der Waals surface area (Å²) in [7, 11) is -0.549. The number of carbonyl (C=O) groups is 1. The van der Waals surface area contributed by atoms with E-state index in [-0.39, 0.29) is 6.54 Å². The predicted molar refractivity (Wildman–Crippen MR) is 134 cm³/mol. The van der Waals surface area contributed by atoms with Gasteiger partial charge in [0.2, 0.25) is 10.0 Å². The van der Waals surface area contributed by atoms with E-state index in [1.165, 1.54) is 36.9 Å². The minimum atomic E-state index is -3.59. The molecule has 0 bridgehead atoms. The predicted octanol–water partition coefficient (Wildman–Crippen LogP) is 4.09. The van der Waals surface area contributed by atoms with E-state index in [0.29, 0.717) is 38.9 Å². The molecule has 0 atom stereocenters. The van der Waals surface area contributed by atoms with E-state index in [9.17, 15) is 13.2 Å². The second-order valence-electron chi connectivity index (χ2n) is 7.19. The van der Waals surface area contributed by atoms with Crippen LogP contribution in [0.15, 0.2) is 71.8 Å². The normalized spacial score (nSPS) is 11.3. The molecule has 0 aliphatic rings. The first kappa shape index (κ1) is 25.1. The number of methoxy groups -OCH3 is 2. The summed E-state index contributed by atoms with van der Waals surface area (Å²) < 4.78 is 36.6. The zero-order valence-corrected chi connectivity index (χ0v) is 20.4. The number of anilines is 1. The lowest BCUT2D eigenvalue weighted by Crippen LogP contribution is -2.29. The molecule has 0 saturated carbocycles. The Morgan fingerprint density at radius 3 is 2.35 bits per heavy atom. The standard InChI is InChI=1S/C24H24ClN3O5S/c1-32-22-10-6-8-18(23(22)33-2)15-26-27-24(29)17-11-13-20(14-12-17)28(34(3,30)31)16-19-7-4-5-9-21(19)25/h4-15H,16H2,1-3H3,(H,27,29)/b26-15-. The number of hydrogen-bond donors (Lipinski definition) is 1. The molecule has 0 aliphatic heterocycles. The highest BCUT2D eigenvalue weighted by molar-refractivity contribution is 7.92. The number of hydrazone groups is 1. The molecule has 3 rings (SSSR count). The molecule has 3 aromatic rings. The molecular formula is C24H24ClN3O5S. The van der Waals surface area contributed by atoms with Crippen molar-refractivity contribution in [3.63, 3.8) is 0 Å². The molecule has 0 unspecified atom stereocenters. The third kappa shape index (κ3) is 6.06. The Kier molecular flexibility index (Phi) is 8.14. The van der Waals surface area contributed by atoms with Crippen LogP contribution in [-0.4, -0.2) is 41.0 Å². The molecule has 0 aromatic heterocycles. The van der Waals surface area contributed by atoms with Crippen molar-refractivity contribution >= 4 is 39.4 Å². The number of para-hydroxylation sites is 1. The molecule has 0 saturated heterocycles. The Hall–Kier alpha value is -3.56. The molecule has 3 aromatic carbocycles. The van der Waals surface area contributed by atoms with Gasteiger partial charge in [0, 0.05) is 16.1 Å². The van der Waals surface area contributed by atoms with Crippen LogP contribution < -0.4 is 19.2 Å². The maximum absolute atomic E-state index is 12.5. The lowest BCUT2D eigenvalue weighted by Gasteiger charge is -2.23. The molecule has 1 N–H and O–H groups in total. The molecule has 0 fully saturated rings. The lowest BCUT2D eigenvalue weighted by atomic mass is 10.2. The highest BCUT2D eigenvalue weighted by atomic mass is 35.5. The zero-order chi connectivity index (χ0) is 24.7. The molecule has 1 amide bonds. The van der Waals surface area contributed by atoms with Gasteiger partial charge in [-0.2, -0.15) is 5.10 Å². The van der Waals surface area contributed by atoms with Crippen molar-refractivity contribution in [1.82, 2.24) is 5.43 Å². The molecule has 0 heterocycles. The van der Waals surface area contributed by atoms with Crippen LogP contribution in [0, 0.1) is 0 Å². The maximum Gasteiger partial charge on any atom is 0.271 e. The number of rotatable bonds is 9. The molecule has 10 heteroatoms. The average Bonchev–Trinajstić information content (AvgIpc) is 2.82. The van der Waals surface area contributed by atoms with Gasteiger partial charge >= 0.3 is 0 Å². The number of nitrogens with one attached hydrogen (secondary N) is 1. The van der Waals surface area contributed by atoms with Gasteiger partial charge in [-0.05, 0) is 48.0 Å². The van der Waals surface area contributed by atoms with E-state index in [1.54, 1.807) is 54.6 Å². The monoisotopic (exact) mass is 501 g/mol. The fourth-order valence-corrected chi connectivity index (χ4v) is 4.27. The van der Waals surface area contributed by atoms with Crippen LogP contribution in [0.2, 0.25) is 5.02 Å². The van der Waals surface area contributed by atoms with Crippen molar-refractivity contribution in [2.75, 3.05) is 24.8 Å². The van der Waals surface area contributed by atoms with Gasteiger partial charge in [-0.25, -0.2) is 13.8 Å². The van der Waals surface area contributed by atoms with Crippen LogP contribution in [0.4, 0.5) is 5.69 Å². The Bertz CT molecular complexity index is 1290. The van der Waals surface area contributed by atoms with Gasteiger partial charge in [-0.3, -0.25) is 9.10 Å². The van der Waals surface area contributed by atoms with Crippen molar-refractivity contribution in [2.45, 2.75) is 6.54 Å². The Morgan fingerprint density at radius 1 is 1.03 bits per heavy atom. The minimum absolute atomic E-state index is 0.0662. The highest BCUT2D eigenvalue weighted by Gasteiger charge is 2.19. The second kappa shape index (κ2) is 11.0. The van der Waals surface area contributed by atoms with Crippen molar-refractivity contribution in [3.8, 4) is 11.5 Å². The highest BCUT2D eigenvalue weighted by Crippen LogP contribution is 2.29. The van der Waals surface area contributed by atoms with Gasteiger partial charge < -0.3 is 9.47 Å². The van der Waals surface area contributed by atoms with Crippen LogP contribution in [-0.2, 0) is 16.6 Å². The molecule has 0 spiro atoms. The van der Waals surface area contributed by atoms with Crippen molar-refractivity contribution in [3.05, 3.63) is 88.4 Å². The van der Waals surface area contributed by atoms with Gasteiger partial charge in [-0.1, -0.05) is 35.9 Å². The molecule has 34 heavy (non-hydrogen) atoms. The molecule has 8 nitrogen and oxygen atoms in total. The van der Waals surface area contributed by atoms with Crippen LogP contribution in [0.5, 0.6) is 11.5 Å². The molecule has 0 radical (unpaired) electrons. The van der Waals surface area contributed by atoms with Crippen LogP contribution in [0.25, 0.3) is 0 Å². The number of amides is 1.